The summed E-state index contributed by atoms with van der Waals surface area (Å²) < 4.78 is 27.0. The van der Waals surface area contributed by atoms with Crippen molar-refractivity contribution in [2.45, 2.75) is 4.90 Å². The zero-order chi connectivity index (χ0) is 14.9. The molecule has 0 saturated heterocycles. The number of sulfonamides is 1. The predicted molar refractivity (Wildman–Crippen MR) is 80.1 cm³/mol. The topological polar surface area (TPSA) is 89.3 Å². The molecule has 0 saturated carbocycles. The van der Waals surface area contributed by atoms with Crippen LogP contribution in [-0.4, -0.2) is 14.3 Å². The third kappa shape index (κ3) is 3.06. The first-order chi connectivity index (χ1) is 9.31. The molecule has 9 heteroatoms. The van der Waals surface area contributed by atoms with Crippen LogP contribution in [0.3, 0.4) is 0 Å². The van der Waals surface area contributed by atoms with E-state index in [0.717, 1.165) is 11.3 Å². The van der Waals surface area contributed by atoms with Gasteiger partial charge in [0.1, 0.15) is 9.23 Å². The predicted octanol–water partition coefficient (Wildman–Crippen LogP) is 2.95. The van der Waals surface area contributed by atoms with Crippen LogP contribution in [-0.2, 0) is 10.0 Å². The fourth-order valence-corrected chi connectivity index (χ4v) is 4.73. The normalized spacial score (nSPS) is 11.3. The summed E-state index contributed by atoms with van der Waals surface area (Å²) in [7, 11) is -3.94. The summed E-state index contributed by atoms with van der Waals surface area (Å²) in [6, 6.07) is 7.24. The molecule has 106 valence electrons. The highest BCUT2D eigenvalue weighted by Crippen LogP contribution is 2.35. The first-order valence-electron chi connectivity index (χ1n) is 5.18. The van der Waals surface area contributed by atoms with E-state index in [1.54, 1.807) is 12.1 Å². The van der Waals surface area contributed by atoms with Crippen molar-refractivity contribution < 1.29 is 13.2 Å². The van der Waals surface area contributed by atoms with Gasteiger partial charge in [0.25, 0.3) is 15.9 Å². The molecule has 2 rings (SSSR count). The third-order valence-electron chi connectivity index (χ3n) is 2.35. The van der Waals surface area contributed by atoms with Gasteiger partial charge < -0.3 is 5.73 Å². The van der Waals surface area contributed by atoms with Crippen molar-refractivity contribution in [3.63, 3.8) is 0 Å². The number of halogens is 2. The van der Waals surface area contributed by atoms with Crippen molar-refractivity contribution in [3.05, 3.63) is 44.6 Å². The van der Waals surface area contributed by atoms with Crippen molar-refractivity contribution in [3.8, 4) is 0 Å². The quantitative estimate of drug-likeness (QED) is 0.887. The lowest BCUT2D eigenvalue weighted by Gasteiger charge is -2.10. The molecule has 0 bridgehead atoms. The summed E-state index contributed by atoms with van der Waals surface area (Å²) in [5.74, 6) is -0.738. The number of thiophene rings is 1. The molecular weight excluding hydrogens is 343 g/mol. The first-order valence-corrected chi connectivity index (χ1v) is 8.23. The van der Waals surface area contributed by atoms with Crippen LogP contribution in [0, 0.1) is 0 Å². The van der Waals surface area contributed by atoms with Crippen LogP contribution in [0.15, 0.2) is 35.2 Å². The molecule has 3 N–H and O–H groups in total. The van der Waals surface area contributed by atoms with E-state index in [-0.39, 0.29) is 24.8 Å². The smallest absolute Gasteiger partial charge is 0.264 e. The highest BCUT2D eigenvalue weighted by atomic mass is 35.5. The van der Waals surface area contributed by atoms with E-state index in [2.05, 4.69) is 4.72 Å². The summed E-state index contributed by atoms with van der Waals surface area (Å²) in [6.07, 6.45) is 0. The van der Waals surface area contributed by atoms with Gasteiger partial charge in [-0.15, -0.1) is 11.3 Å². The Morgan fingerprint density at radius 1 is 1.25 bits per heavy atom. The number of hydrogen-bond donors (Lipinski definition) is 2. The van der Waals surface area contributed by atoms with E-state index in [1.807, 2.05) is 0 Å². The Morgan fingerprint density at radius 2 is 1.90 bits per heavy atom. The third-order valence-corrected chi connectivity index (χ3v) is 5.47. The molecule has 0 aliphatic carbocycles. The average Bonchev–Trinajstić information content (AvgIpc) is 2.69. The number of para-hydroxylation sites is 1. The minimum atomic E-state index is -3.94. The number of nitrogens with one attached hydrogen (secondary N) is 1. The Bertz CT molecular complexity index is 772. The molecule has 0 aliphatic heterocycles. The van der Waals surface area contributed by atoms with Gasteiger partial charge in [0.05, 0.1) is 15.6 Å². The minimum absolute atomic E-state index is 0.0408. The number of carbonyl (C=O) groups excluding carboxylic acids is 1. The Kier molecular flexibility index (Phi) is 4.24. The Balaban J connectivity index is 2.44. The van der Waals surface area contributed by atoms with Crippen LogP contribution in [0.4, 0.5) is 5.69 Å². The van der Waals surface area contributed by atoms with Gasteiger partial charge in [-0.25, -0.2) is 8.42 Å². The van der Waals surface area contributed by atoms with Crippen LogP contribution in [0.1, 0.15) is 10.4 Å². The lowest BCUT2D eigenvalue weighted by molar-refractivity contribution is 0.100. The lowest BCUT2D eigenvalue weighted by Crippen LogP contribution is -2.18. The fourth-order valence-electron chi connectivity index (χ4n) is 1.50. The maximum Gasteiger partial charge on any atom is 0.264 e. The SMILES string of the molecule is NC(=O)c1ccccc1NS(=O)(=O)c1cc(Cl)sc1Cl. The zero-order valence-corrected chi connectivity index (χ0v) is 12.9. The largest absolute Gasteiger partial charge is 0.366 e. The molecule has 20 heavy (non-hydrogen) atoms. The molecule has 2 aromatic rings. The molecule has 0 fully saturated rings. The summed E-state index contributed by atoms with van der Waals surface area (Å²) in [6.45, 7) is 0. The Hall–Kier alpha value is -1.28. The Labute approximate surface area is 129 Å². The van der Waals surface area contributed by atoms with Crippen LogP contribution in [0.25, 0.3) is 0 Å². The van der Waals surface area contributed by atoms with Gasteiger partial charge >= 0.3 is 0 Å². The fraction of sp³-hybridized carbons (Fsp3) is 0. The molecule has 1 aromatic carbocycles. The zero-order valence-electron chi connectivity index (χ0n) is 9.76. The van der Waals surface area contributed by atoms with E-state index >= 15 is 0 Å². The van der Waals surface area contributed by atoms with Crippen molar-refractivity contribution in [2.75, 3.05) is 4.72 Å². The van der Waals surface area contributed by atoms with Gasteiger partial charge in [0, 0.05) is 0 Å². The number of amides is 1. The van der Waals surface area contributed by atoms with E-state index in [1.165, 1.54) is 18.2 Å². The van der Waals surface area contributed by atoms with E-state index in [0.29, 0.717) is 0 Å². The Morgan fingerprint density at radius 3 is 2.45 bits per heavy atom. The maximum absolute atomic E-state index is 12.2. The van der Waals surface area contributed by atoms with Gasteiger partial charge in [-0.1, -0.05) is 35.3 Å². The lowest BCUT2D eigenvalue weighted by atomic mass is 10.2. The number of benzene rings is 1. The standard InChI is InChI=1S/C11H8Cl2N2O3S2/c12-9-5-8(10(13)19-9)20(17,18)15-7-4-2-1-3-6(7)11(14)16/h1-5,15H,(H2,14,16). The molecule has 5 nitrogen and oxygen atoms in total. The number of hydrogen-bond acceptors (Lipinski definition) is 4. The molecule has 1 amide bonds. The van der Waals surface area contributed by atoms with Crippen molar-refractivity contribution >= 4 is 56.2 Å². The first kappa shape index (κ1) is 15.1. The second kappa shape index (κ2) is 5.61. The van der Waals surface area contributed by atoms with Crippen LogP contribution >= 0.6 is 34.5 Å². The summed E-state index contributed by atoms with van der Waals surface area (Å²) >= 11 is 12.5. The number of primary amides is 1. The molecule has 0 radical (unpaired) electrons. The number of anilines is 1. The summed E-state index contributed by atoms with van der Waals surface area (Å²) in [5, 5.41) is 0. The second-order valence-electron chi connectivity index (χ2n) is 3.70. The molecule has 1 heterocycles. The number of nitrogens with two attached hydrogens (primary N) is 1. The molecule has 0 aliphatic rings. The number of rotatable bonds is 4. The average molecular weight is 351 g/mol. The second-order valence-corrected chi connectivity index (χ2v) is 7.64. The van der Waals surface area contributed by atoms with Crippen molar-refractivity contribution in [1.29, 1.82) is 0 Å². The van der Waals surface area contributed by atoms with E-state index in [9.17, 15) is 13.2 Å². The van der Waals surface area contributed by atoms with Gasteiger partial charge in [-0.2, -0.15) is 0 Å². The highest BCUT2D eigenvalue weighted by molar-refractivity contribution is 7.93. The van der Waals surface area contributed by atoms with Gasteiger partial charge in [-0.05, 0) is 18.2 Å². The van der Waals surface area contributed by atoms with Crippen LogP contribution in [0.5, 0.6) is 0 Å². The minimum Gasteiger partial charge on any atom is -0.366 e. The van der Waals surface area contributed by atoms with Gasteiger partial charge in [-0.3, -0.25) is 9.52 Å². The van der Waals surface area contributed by atoms with Gasteiger partial charge in [0.2, 0.25) is 0 Å². The van der Waals surface area contributed by atoms with Crippen LogP contribution < -0.4 is 10.5 Å². The molecule has 1 aromatic heterocycles. The number of carbonyl (C=O) groups is 1. The van der Waals surface area contributed by atoms with Crippen molar-refractivity contribution in [2.24, 2.45) is 5.73 Å². The van der Waals surface area contributed by atoms with Crippen molar-refractivity contribution in [1.82, 2.24) is 0 Å². The van der Waals surface area contributed by atoms with E-state index < -0.39 is 15.9 Å². The molecule has 0 spiro atoms. The van der Waals surface area contributed by atoms with E-state index in [4.69, 9.17) is 28.9 Å². The van der Waals surface area contributed by atoms with Crippen LogP contribution in [0.2, 0.25) is 8.67 Å². The van der Waals surface area contributed by atoms with Gasteiger partial charge in [0.15, 0.2) is 0 Å². The summed E-state index contributed by atoms with van der Waals surface area (Å²) in [4.78, 5) is 11.1. The summed E-state index contributed by atoms with van der Waals surface area (Å²) in [5.41, 5.74) is 5.33. The highest BCUT2D eigenvalue weighted by Gasteiger charge is 2.22. The molecule has 0 atom stereocenters. The monoisotopic (exact) mass is 350 g/mol. The molecular formula is C11H8Cl2N2O3S2. The molecule has 0 unspecified atom stereocenters. The maximum atomic E-state index is 12.2.